The Bertz CT molecular complexity index is 416. The first-order chi connectivity index (χ1) is 9.31. The second kappa shape index (κ2) is 9.57. The van der Waals surface area contributed by atoms with Crippen molar-refractivity contribution in [2.45, 2.75) is 38.8 Å². The molecule has 0 radical (unpaired) electrons. The van der Waals surface area contributed by atoms with Gasteiger partial charge >= 0.3 is 0 Å². The number of aliphatic imine (C=N–C) groups is 1. The van der Waals surface area contributed by atoms with Crippen LogP contribution < -0.4 is 10.6 Å². The standard InChI is InChI=1S/C14H23N3OS.HI/c1-3-12-6-7-13(19-12)10-17-14(15-2)16-9-11-5-4-8-18-11;/h6-7,11H,3-5,8-10H2,1-2H3,(H2,15,16,17);1H. The van der Waals surface area contributed by atoms with Gasteiger partial charge in [0, 0.05) is 30.0 Å². The van der Waals surface area contributed by atoms with Gasteiger partial charge in [-0.2, -0.15) is 0 Å². The zero-order valence-corrected chi connectivity index (χ0v) is 15.3. The quantitative estimate of drug-likeness (QED) is 0.447. The molecule has 114 valence electrons. The van der Waals surface area contributed by atoms with Crippen molar-refractivity contribution in [1.29, 1.82) is 0 Å². The van der Waals surface area contributed by atoms with E-state index in [-0.39, 0.29) is 24.0 Å². The van der Waals surface area contributed by atoms with Gasteiger partial charge < -0.3 is 15.4 Å². The molecule has 0 bridgehead atoms. The maximum Gasteiger partial charge on any atom is 0.191 e. The SMILES string of the molecule is CCc1ccc(CNC(=NC)NCC2CCCO2)s1.I. The topological polar surface area (TPSA) is 45.7 Å². The number of aryl methyl sites for hydroxylation is 1. The largest absolute Gasteiger partial charge is 0.376 e. The van der Waals surface area contributed by atoms with Crippen LogP contribution in [0.1, 0.15) is 29.5 Å². The predicted molar refractivity (Wildman–Crippen MR) is 96.3 cm³/mol. The Morgan fingerprint density at radius 1 is 1.40 bits per heavy atom. The Labute approximate surface area is 142 Å². The van der Waals surface area contributed by atoms with Crippen LogP contribution in [0.15, 0.2) is 17.1 Å². The Morgan fingerprint density at radius 2 is 2.20 bits per heavy atom. The molecule has 2 rings (SSSR count). The number of ether oxygens (including phenoxy) is 1. The minimum Gasteiger partial charge on any atom is -0.376 e. The first kappa shape index (κ1) is 17.7. The molecule has 0 aliphatic carbocycles. The molecule has 1 saturated heterocycles. The second-order valence-electron chi connectivity index (χ2n) is 4.66. The third-order valence-electron chi connectivity index (χ3n) is 3.24. The maximum atomic E-state index is 5.59. The molecule has 1 aromatic rings. The molecule has 1 aliphatic heterocycles. The van der Waals surface area contributed by atoms with E-state index in [0.717, 1.165) is 38.5 Å². The maximum absolute atomic E-state index is 5.59. The first-order valence-electron chi connectivity index (χ1n) is 6.95. The average Bonchev–Trinajstić information content (AvgIpc) is 3.10. The number of nitrogens with zero attached hydrogens (tertiary/aromatic N) is 1. The third kappa shape index (κ3) is 5.57. The first-order valence-corrected chi connectivity index (χ1v) is 7.77. The van der Waals surface area contributed by atoms with Crippen molar-refractivity contribution >= 4 is 41.3 Å². The van der Waals surface area contributed by atoms with Gasteiger partial charge in [0.05, 0.1) is 12.6 Å². The molecule has 0 aromatic carbocycles. The summed E-state index contributed by atoms with van der Waals surface area (Å²) < 4.78 is 5.59. The van der Waals surface area contributed by atoms with Gasteiger partial charge in [-0.05, 0) is 31.4 Å². The van der Waals surface area contributed by atoms with Gasteiger partial charge in [0.2, 0.25) is 0 Å². The van der Waals surface area contributed by atoms with Gasteiger partial charge in [-0.15, -0.1) is 35.3 Å². The highest BCUT2D eigenvalue weighted by atomic mass is 127. The van der Waals surface area contributed by atoms with Crippen LogP contribution in [-0.2, 0) is 17.7 Å². The summed E-state index contributed by atoms with van der Waals surface area (Å²) in [6.45, 7) is 4.75. The molecule has 0 saturated carbocycles. The molecule has 0 amide bonds. The average molecular weight is 409 g/mol. The van der Waals surface area contributed by atoms with Crippen molar-refractivity contribution in [2.75, 3.05) is 20.2 Å². The van der Waals surface area contributed by atoms with E-state index in [0.29, 0.717) is 6.10 Å². The van der Waals surface area contributed by atoms with Crippen LogP contribution in [0.4, 0.5) is 0 Å². The Morgan fingerprint density at radius 3 is 2.80 bits per heavy atom. The lowest BCUT2D eigenvalue weighted by molar-refractivity contribution is 0.114. The highest BCUT2D eigenvalue weighted by Gasteiger charge is 2.15. The molecule has 1 aliphatic rings. The molecule has 0 spiro atoms. The van der Waals surface area contributed by atoms with Gasteiger partial charge in [0.25, 0.3) is 0 Å². The van der Waals surface area contributed by atoms with Crippen molar-refractivity contribution in [1.82, 2.24) is 10.6 Å². The number of rotatable bonds is 5. The lowest BCUT2D eigenvalue weighted by Gasteiger charge is -2.14. The number of nitrogens with one attached hydrogen (secondary N) is 2. The normalized spacial score (nSPS) is 18.7. The Hall–Kier alpha value is -0.340. The van der Waals surface area contributed by atoms with E-state index in [1.807, 2.05) is 11.3 Å². The molecule has 20 heavy (non-hydrogen) atoms. The van der Waals surface area contributed by atoms with Crippen LogP contribution in [0.5, 0.6) is 0 Å². The van der Waals surface area contributed by atoms with Crippen LogP contribution in [0.25, 0.3) is 0 Å². The van der Waals surface area contributed by atoms with Gasteiger partial charge in [-0.3, -0.25) is 4.99 Å². The monoisotopic (exact) mass is 409 g/mol. The van der Waals surface area contributed by atoms with Gasteiger partial charge in [-0.25, -0.2) is 0 Å². The van der Waals surface area contributed by atoms with E-state index in [1.165, 1.54) is 16.2 Å². The molecular weight excluding hydrogens is 385 g/mol. The summed E-state index contributed by atoms with van der Waals surface area (Å²) in [5.74, 6) is 0.849. The summed E-state index contributed by atoms with van der Waals surface area (Å²) in [7, 11) is 1.80. The van der Waals surface area contributed by atoms with Gasteiger partial charge in [-0.1, -0.05) is 6.92 Å². The van der Waals surface area contributed by atoms with Gasteiger partial charge in [0.15, 0.2) is 5.96 Å². The number of halogens is 1. The zero-order valence-electron chi connectivity index (χ0n) is 12.1. The highest BCUT2D eigenvalue weighted by molar-refractivity contribution is 14.0. The van der Waals surface area contributed by atoms with E-state index < -0.39 is 0 Å². The molecule has 1 aromatic heterocycles. The van der Waals surface area contributed by atoms with Crippen LogP contribution >= 0.6 is 35.3 Å². The molecule has 1 fully saturated rings. The summed E-state index contributed by atoms with van der Waals surface area (Å²) in [6, 6.07) is 4.38. The summed E-state index contributed by atoms with van der Waals surface area (Å²) in [4.78, 5) is 7.01. The minimum absolute atomic E-state index is 0. The second-order valence-corrected chi connectivity index (χ2v) is 5.92. The van der Waals surface area contributed by atoms with Crippen LogP contribution in [-0.4, -0.2) is 32.3 Å². The molecule has 2 N–H and O–H groups in total. The van der Waals surface area contributed by atoms with E-state index in [9.17, 15) is 0 Å². The van der Waals surface area contributed by atoms with Crippen molar-refractivity contribution in [2.24, 2.45) is 4.99 Å². The highest BCUT2D eigenvalue weighted by Crippen LogP contribution is 2.16. The van der Waals surface area contributed by atoms with Crippen molar-refractivity contribution < 1.29 is 4.74 Å². The van der Waals surface area contributed by atoms with Crippen LogP contribution in [0, 0.1) is 0 Å². The summed E-state index contributed by atoms with van der Waals surface area (Å²) in [6.07, 6.45) is 3.77. The Kier molecular flexibility index (Phi) is 8.47. The summed E-state index contributed by atoms with van der Waals surface area (Å²) in [5, 5.41) is 6.66. The molecule has 2 heterocycles. The van der Waals surface area contributed by atoms with Gasteiger partial charge in [0.1, 0.15) is 0 Å². The number of hydrogen-bond donors (Lipinski definition) is 2. The number of guanidine groups is 1. The smallest absolute Gasteiger partial charge is 0.191 e. The Balaban J connectivity index is 0.00000200. The van der Waals surface area contributed by atoms with Crippen molar-refractivity contribution in [3.8, 4) is 0 Å². The molecular formula is C14H24IN3OS. The number of thiophene rings is 1. The predicted octanol–water partition coefficient (Wildman–Crippen LogP) is 2.77. The fraction of sp³-hybridized carbons (Fsp3) is 0.643. The zero-order chi connectivity index (χ0) is 13.5. The molecule has 1 atom stereocenters. The van der Waals surface area contributed by atoms with E-state index in [4.69, 9.17) is 4.74 Å². The molecule has 4 nitrogen and oxygen atoms in total. The molecule has 1 unspecified atom stereocenters. The van der Waals surface area contributed by atoms with Crippen molar-refractivity contribution in [3.63, 3.8) is 0 Å². The fourth-order valence-electron chi connectivity index (χ4n) is 2.11. The number of hydrogen-bond acceptors (Lipinski definition) is 3. The summed E-state index contributed by atoms with van der Waals surface area (Å²) >= 11 is 1.86. The van der Waals surface area contributed by atoms with E-state index in [1.54, 1.807) is 7.05 Å². The summed E-state index contributed by atoms with van der Waals surface area (Å²) in [5.41, 5.74) is 0. The lowest BCUT2D eigenvalue weighted by atomic mass is 10.2. The lowest BCUT2D eigenvalue weighted by Crippen LogP contribution is -2.40. The van der Waals surface area contributed by atoms with Crippen molar-refractivity contribution in [3.05, 3.63) is 21.9 Å². The van der Waals surface area contributed by atoms with Crippen LogP contribution in [0.3, 0.4) is 0 Å². The van der Waals surface area contributed by atoms with E-state index in [2.05, 4.69) is 34.7 Å². The third-order valence-corrected chi connectivity index (χ3v) is 4.47. The van der Waals surface area contributed by atoms with E-state index >= 15 is 0 Å². The minimum atomic E-state index is 0. The molecule has 6 heteroatoms. The fourth-order valence-corrected chi connectivity index (χ4v) is 3.01. The van der Waals surface area contributed by atoms with Crippen LogP contribution in [0.2, 0.25) is 0 Å².